The van der Waals surface area contributed by atoms with Crippen molar-refractivity contribution in [1.82, 2.24) is 25.1 Å². The van der Waals surface area contributed by atoms with Crippen LogP contribution in [0.4, 0.5) is 4.79 Å². The Morgan fingerprint density at radius 2 is 2.04 bits per heavy atom. The monoisotopic (exact) mass is 373 g/mol. The van der Waals surface area contributed by atoms with Crippen LogP contribution in [-0.4, -0.2) is 63.9 Å². The second kappa shape index (κ2) is 7.90. The molecule has 0 radical (unpaired) electrons. The zero-order valence-electron chi connectivity index (χ0n) is 16.1. The van der Waals surface area contributed by atoms with Crippen LogP contribution in [0.25, 0.3) is 0 Å². The van der Waals surface area contributed by atoms with Gasteiger partial charge in [0.05, 0.1) is 6.33 Å². The number of likely N-dealkylation sites (tertiary alicyclic amines) is 2. The number of hydrogen-bond acceptors (Lipinski definition) is 3. The van der Waals surface area contributed by atoms with Gasteiger partial charge >= 0.3 is 6.03 Å². The lowest BCUT2D eigenvalue weighted by Crippen LogP contribution is -2.54. The lowest BCUT2D eigenvalue weighted by molar-refractivity contribution is -0.138. The van der Waals surface area contributed by atoms with E-state index < -0.39 is 0 Å². The smallest absolute Gasteiger partial charge is 0.317 e. The number of amides is 3. The van der Waals surface area contributed by atoms with E-state index in [1.165, 1.54) is 12.8 Å². The van der Waals surface area contributed by atoms with E-state index in [1.54, 1.807) is 6.33 Å². The van der Waals surface area contributed by atoms with Gasteiger partial charge < -0.3 is 20.1 Å². The summed E-state index contributed by atoms with van der Waals surface area (Å²) in [7, 11) is 0. The van der Waals surface area contributed by atoms with Crippen LogP contribution >= 0.6 is 0 Å². The maximum Gasteiger partial charge on any atom is 0.317 e. The minimum Gasteiger partial charge on any atom is -0.348 e. The summed E-state index contributed by atoms with van der Waals surface area (Å²) in [6.45, 7) is 3.19. The van der Waals surface area contributed by atoms with Crippen molar-refractivity contribution in [3.63, 3.8) is 0 Å². The number of H-pyrrole nitrogens is 1. The Morgan fingerprint density at radius 3 is 2.74 bits per heavy atom. The summed E-state index contributed by atoms with van der Waals surface area (Å²) in [6, 6.07) is 0.485. The van der Waals surface area contributed by atoms with Crippen LogP contribution in [0.2, 0.25) is 0 Å². The molecule has 27 heavy (non-hydrogen) atoms. The molecule has 1 aromatic rings. The molecule has 3 heterocycles. The Kier molecular flexibility index (Phi) is 5.36. The van der Waals surface area contributed by atoms with Crippen LogP contribution in [0.1, 0.15) is 57.1 Å². The van der Waals surface area contributed by atoms with E-state index in [0.717, 1.165) is 70.4 Å². The predicted octanol–water partition coefficient (Wildman–Crippen LogP) is 2.31. The number of aromatic amines is 1. The van der Waals surface area contributed by atoms with Crippen molar-refractivity contribution in [1.29, 1.82) is 0 Å². The van der Waals surface area contributed by atoms with E-state index in [-0.39, 0.29) is 17.4 Å². The number of nitrogens with one attached hydrogen (secondary N) is 2. The molecular formula is C20H31N5O2. The van der Waals surface area contributed by atoms with E-state index in [1.807, 2.05) is 16.0 Å². The van der Waals surface area contributed by atoms with Crippen molar-refractivity contribution >= 4 is 11.9 Å². The molecule has 1 aliphatic carbocycles. The number of urea groups is 1. The number of imidazole rings is 1. The average Bonchev–Trinajstić information content (AvgIpc) is 3.37. The van der Waals surface area contributed by atoms with Gasteiger partial charge in [0.25, 0.3) is 0 Å². The first-order valence-electron chi connectivity index (χ1n) is 10.4. The third-order valence-corrected chi connectivity index (χ3v) is 6.75. The third-order valence-electron chi connectivity index (χ3n) is 6.75. The molecule has 1 aromatic heterocycles. The third kappa shape index (κ3) is 4.28. The maximum atomic E-state index is 12.5. The highest BCUT2D eigenvalue weighted by Gasteiger charge is 2.41. The molecule has 3 fully saturated rings. The van der Waals surface area contributed by atoms with Crippen LogP contribution in [-0.2, 0) is 11.2 Å². The van der Waals surface area contributed by atoms with Gasteiger partial charge in [0.2, 0.25) is 5.91 Å². The first kappa shape index (κ1) is 18.3. The summed E-state index contributed by atoms with van der Waals surface area (Å²) >= 11 is 0. The molecular weight excluding hydrogens is 342 g/mol. The minimum atomic E-state index is 0.111. The summed E-state index contributed by atoms with van der Waals surface area (Å²) in [4.78, 5) is 36.1. The summed E-state index contributed by atoms with van der Waals surface area (Å²) in [6.07, 6.45) is 12.6. The first-order valence-corrected chi connectivity index (χ1v) is 10.4. The van der Waals surface area contributed by atoms with Gasteiger partial charge in [-0.3, -0.25) is 4.79 Å². The summed E-state index contributed by atoms with van der Waals surface area (Å²) in [5, 5.41) is 3.20. The molecule has 7 heteroatoms. The van der Waals surface area contributed by atoms with Gasteiger partial charge in [0, 0.05) is 57.0 Å². The van der Waals surface area contributed by atoms with Crippen LogP contribution in [0.15, 0.2) is 12.5 Å². The fourth-order valence-electron chi connectivity index (χ4n) is 4.91. The van der Waals surface area contributed by atoms with Crippen molar-refractivity contribution in [2.24, 2.45) is 5.41 Å². The number of aromatic nitrogens is 2. The molecule has 2 N–H and O–H groups in total. The molecule has 4 rings (SSSR count). The average molecular weight is 374 g/mol. The molecule has 0 bridgehead atoms. The van der Waals surface area contributed by atoms with Crippen LogP contribution in [0, 0.1) is 5.41 Å². The number of hydrogen-bond donors (Lipinski definition) is 2. The Labute approximate surface area is 160 Å². The number of piperidine rings is 2. The van der Waals surface area contributed by atoms with Crippen molar-refractivity contribution in [2.45, 2.75) is 63.8 Å². The SMILES string of the molecule is O=C1CCC2(CCN(C(=O)NC3CCCC3)CC2)CN1CCc1cnc[nH]1. The van der Waals surface area contributed by atoms with Crippen LogP contribution < -0.4 is 5.32 Å². The highest BCUT2D eigenvalue weighted by molar-refractivity contribution is 5.77. The molecule has 0 unspecified atom stereocenters. The fourth-order valence-corrected chi connectivity index (χ4v) is 4.91. The molecule has 1 saturated carbocycles. The van der Waals surface area contributed by atoms with Gasteiger partial charge in [0.15, 0.2) is 0 Å². The Hall–Kier alpha value is -2.05. The number of rotatable bonds is 4. The van der Waals surface area contributed by atoms with E-state index in [0.29, 0.717) is 12.5 Å². The lowest BCUT2D eigenvalue weighted by atomic mass is 9.72. The Morgan fingerprint density at radius 1 is 1.26 bits per heavy atom. The van der Waals surface area contributed by atoms with E-state index >= 15 is 0 Å². The second-order valence-electron chi connectivity index (χ2n) is 8.56. The molecule has 3 aliphatic rings. The van der Waals surface area contributed by atoms with Crippen LogP contribution in [0.5, 0.6) is 0 Å². The lowest BCUT2D eigenvalue weighted by Gasteiger charge is -2.47. The largest absolute Gasteiger partial charge is 0.348 e. The van der Waals surface area contributed by atoms with Gasteiger partial charge in [0.1, 0.15) is 0 Å². The van der Waals surface area contributed by atoms with Gasteiger partial charge in [-0.25, -0.2) is 9.78 Å². The molecule has 0 aromatic carbocycles. The summed E-state index contributed by atoms with van der Waals surface area (Å²) in [5.41, 5.74) is 1.26. The van der Waals surface area contributed by atoms with Crippen LogP contribution in [0.3, 0.4) is 0 Å². The van der Waals surface area contributed by atoms with E-state index in [4.69, 9.17) is 0 Å². The number of nitrogens with zero attached hydrogens (tertiary/aromatic N) is 3. The molecule has 0 atom stereocenters. The van der Waals surface area contributed by atoms with Crippen molar-refractivity contribution in [3.8, 4) is 0 Å². The van der Waals surface area contributed by atoms with Gasteiger partial charge in [-0.15, -0.1) is 0 Å². The molecule has 2 aliphatic heterocycles. The predicted molar refractivity (Wildman–Crippen MR) is 102 cm³/mol. The first-order chi connectivity index (χ1) is 13.1. The quantitative estimate of drug-likeness (QED) is 0.850. The zero-order valence-corrected chi connectivity index (χ0v) is 16.1. The molecule has 2 saturated heterocycles. The molecule has 7 nitrogen and oxygen atoms in total. The summed E-state index contributed by atoms with van der Waals surface area (Å²) < 4.78 is 0. The molecule has 1 spiro atoms. The van der Waals surface area contributed by atoms with Crippen molar-refractivity contribution in [3.05, 3.63) is 18.2 Å². The highest BCUT2D eigenvalue weighted by Crippen LogP contribution is 2.40. The van der Waals surface area contributed by atoms with Crippen molar-refractivity contribution < 1.29 is 9.59 Å². The standard InChI is InChI=1S/C20H31N5O2/c26-18-5-7-20(14-25(18)10-6-17-13-21-15-22-17)8-11-24(12-9-20)19(27)23-16-3-1-2-4-16/h13,15-16H,1-12,14H2,(H,21,22)(H,23,27). The zero-order chi connectivity index (χ0) is 18.7. The maximum absolute atomic E-state index is 12.5. The highest BCUT2D eigenvalue weighted by atomic mass is 16.2. The molecule has 3 amide bonds. The fraction of sp³-hybridized carbons (Fsp3) is 0.750. The second-order valence-corrected chi connectivity index (χ2v) is 8.56. The Bertz CT molecular complexity index is 645. The number of carbonyl (C=O) groups excluding carboxylic acids is 2. The Balaban J connectivity index is 1.28. The topological polar surface area (TPSA) is 81.3 Å². The normalized spacial score (nSPS) is 23.2. The number of carbonyl (C=O) groups is 2. The van der Waals surface area contributed by atoms with E-state index in [9.17, 15) is 9.59 Å². The van der Waals surface area contributed by atoms with Gasteiger partial charge in [-0.2, -0.15) is 0 Å². The summed E-state index contributed by atoms with van der Waals surface area (Å²) in [5.74, 6) is 0.265. The van der Waals surface area contributed by atoms with E-state index in [2.05, 4.69) is 15.3 Å². The van der Waals surface area contributed by atoms with Gasteiger partial charge in [-0.1, -0.05) is 12.8 Å². The van der Waals surface area contributed by atoms with Gasteiger partial charge in [-0.05, 0) is 37.5 Å². The minimum absolute atomic E-state index is 0.111. The van der Waals surface area contributed by atoms with Crippen molar-refractivity contribution in [2.75, 3.05) is 26.2 Å². The molecule has 148 valence electrons.